The Morgan fingerprint density at radius 3 is 2.86 bits per heavy atom. The van der Waals surface area contributed by atoms with Gasteiger partial charge in [-0.25, -0.2) is 20.8 Å². The molecule has 0 aromatic carbocycles. The van der Waals surface area contributed by atoms with E-state index in [-0.39, 0.29) is 24.4 Å². The maximum absolute atomic E-state index is 6.40. The molecule has 10 nitrogen and oxygen atoms in total. The Bertz CT molecular complexity index is 936. The smallest absolute Gasteiger partial charge is 0.167 e. The van der Waals surface area contributed by atoms with Gasteiger partial charge in [0.2, 0.25) is 0 Å². The zero-order valence-electron chi connectivity index (χ0n) is 16.2. The molecule has 156 valence electrons. The van der Waals surface area contributed by atoms with Crippen LogP contribution in [-0.4, -0.2) is 60.7 Å². The minimum atomic E-state index is -0.684. The molecule has 0 spiro atoms. The maximum Gasteiger partial charge on any atom is 0.167 e. The van der Waals surface area contributed by atoms with Gasteiger partial charge in [0.05, 0.1) is 18.5 Å². The van der Waals surface area contributed by atoms with Crippen molar-refractivity contribution in [2.24, 2.45) is 5.90 Å². The Hall–Kier alpha value is -1.76. The van der Waals surface area contributed by atoms with Crippen LogP contribution in [0.25, 0.3) is 11.2 Å². The van der Waals surface area contributed by atoms with Gasteiger partial charge in [0, 0.05) is 11.0 Å². The molecular formula is C18H24N6O4S. The third-order valence-corrected chi connectivity index (χ3v) is 6.74. The summed E-state index contributed by atoms with van der Waals surface area (Å²) < 4.78 is 20.6. The van der Waals surface area contributed by atoms with Crippen molar-refractivity contribution in [3.8, 4) is 0 Å². The number of imidazole rings is 1. The van der Waals surface area contributed by atoms with Crippen LogP contribution >= 0.6 is 11.8 Å². The van der Waals surface area contributed by atoms with Crippen LogP contribution in [0.2, 0.25) is 0 Å². The summed E-state index contributed by atoms with van der Waals surface area (Å²) in [6.07, 6.45) is 7.05. The van der Waals surface area contributed by atoms with Gasteiger partial charge in [-0.15, -0.1) is 0 Å². The van der Waals surface area contributed by atoms with Gasteiger partial charge in [-0.1, -0.05) is 12.2 Å². The number of hydrogen-bond acceptors (Lipinski definition) is 10. The highest BCUT2D eigenvalue weighted by molar-refractivity contribution is 8.00. The molecule has 2 fully saturated rings. The molecule has 4 heterocycles. The Balaban J connectivity index is 1.37. The van der Waals surface area contributed by atoms with Gasteiger partial charge in [0.15, 0.2) is 23.5 Å². The number of thioether (sulfide) groups is 1. The Kier molecular flexibility index (Phi) is 4.76. The number of hydrogen-bond donors (Lipinski definition) is 2. The standard InChI is InChI=1S/C18H24N6O4S/c1-18(2)26-13-11(6-29-10-4-3-9(5-10)28-20)25-17(14(13)27-18)24-8-23-12-15(19)21-7-22-16(12)24/h3-4,7-11,13-14,17H,5-6,20H2,1-2H3,(H2,19,21,22)/t9-,10-,11?,13?,14?,17?/m0/s1. The zero-order chi connectivity index (χ0) is 20.2. The Labute approximate surface area is 171 Å². The fourth-order valence-corrected chi connectivity index (χ4v) is 5.38. The molecule has 0 radical (unpaired) electrons. The van der Waals surface area contributed by atoms with Crippen molar-refractivity contribution >= 4 is 28.7 Å². The van der Waals surface area contributed by atoms with E-state index < -0.39 is 12.0 Å². The number of fused-ring (bicyclic) bond motifs is 2. The minimum Gasteiger partial charge on any atom is -0.382 e. The molecule has 29 heavy (non-hydrogen) atoms. The van der Waals surface area contributed by atoms with E-state index >= 15 is 0 Å². The van der Waals surface area contributed by atoms with Gasteiger partial charge in [0.1, 0.15) is 24.1 Å². The molecule has 2 aromatic heterocycles. The Morgan fingerprint density at radius 1 is 1.24 bits per heavy atom. The van der Waals surface area contributed by atoms with Crippen molar-refractivity contribution in [1.29, 1.82) is 0 Å². The number of anilines is 1. The second kappa shape index (κ2) is 7.18. The SMILES string of the molecule is CC1(C)OC2C(CS[C@H]3C=C[C@H](ON)C3)OC(n3cnc4c(N)ncnc43)C2O1. The molecule has 5 rings (SSSR count). The van der Waals surface area contributed by atoms with Gasteiger partial charge in [-0.3, -0.25) is 9.40 Å². The fraction of sp³-hybridized carbons (Fsp3) is 0.611. The summed E-state index contributed by atoms with van der Waals surface area (Å²) in [5.41, 5.74) is 7.10. The predicted octanol–water partition coefficient (Wildman–Crippen LogP) is 1.15. The molecule has 0 amide bonds. The summed E-state index contributed by atoms with van der Waals surface area (Å²) in [4.78, 5) is 17.6. The monoisotopic (exact) mass is 420 g/mol. The molecule has 0 bridgehead atoms. The van der Waals surface area contributed by atoms with E-state index in [4.69, 9.17) is 30.7 Å². The van der Waals surface area contributed by atoms with E-state index in [1.54, 1.807) is 18.1 Å². The Morgan fingerprint density at radius 2 is 2.07 bits per heavy atom. The third-order valence-electron chi connectivity index (χ3n) is 5.44. The second-order valence-electron chi connectivity index (χ2n) is 7.88. The molecule has 2 aliphatic heterocycles. The van der Waals surface area contributed by atoms with Gasteiger partial charge in [0.25, 0.3) is 0 Å². The molecule has 1 aliphatic carbocycles. The zero-order valence-corrected chi connectivity index (χ0v) is 17.0. The lowest BCUT2D eigenvalue weighted by atomic mass is 10.1. The summed E-state index contributed by atoms with van der Waals surface area (Å²) in [6, 6.07) is 0. The number of aromatic nitrogens is 4. The molecule has 4 N–H and O–H groups in total. The van der Waals surface area contributed by atoms with Gasteiger partial charge in [-0.2, -0.15) is 11.8 Å². The first-order chi connectivity index (χ1) is 13.9. The minimum absolute atomic E-state index is 0.0232. The third kappa shape index (κ3) is 3.41. The molecule has 6 atom stereocenters. The topological polar surface area (TPSA) is 133 Å². The number of nitrogen functional groups attached to an aromatic ring is 1. The van der Waals surface area contributed by atoms with Crippen LogP contribution < -0.4 is 11.6 Å². The normalized spacial score (nSPS) is 35.6. The van der Waals surface area contributed by atoms with Crippen LogP contribution in [0.1, 0.15) is 26.5 Å². The number of nitrogens with two attached hydrogens (primary N) is 2. The quantitative estimate of drug-likeness (QED) is 0.536. The second-order valence-corrected chi connectivity index (χ2v) is 9.15. The van der Waals surface area contributed by atoms with Gasteiger partial charge < -0.3 is 19.9 Å². The maximum atomic E-state index is 6.40. The summed E-state index contributed by atoms with van der Waals surface area (Å²) in [5.74, 6) is 5.70. The average molecular weight is 420 g/mol. The first-order valence-corrected chi connectivity index (χ1v) is 10.6. The van der Waals surface area contributed by atoms with Crippen molar-refractivity contribution in [3.05, 3.63) is 24.8 Å². The van der Waals surface area contributed by atoms with Crippen LogP contribution in [0.3, 0.4) is 0 Å². The molecule has 0 saturated carbocycles. The van der Waals surface area contributed by atoms with E-state index in [0.29, 0.717) is 22.2 Å². The largest absolute Gasteiger partial charge is 0.382 e. The number of ether oxygens (including phenoxy) is 3. The predicted molar refractivity (Wildman–Crippen MR) is 107 cm³/mol. The van der Waals surface area contributed by atoms with Crippen LogP contribution in [0.15, 0.2) is 24.8 Å². The van der Waals surface area contributed by atoms with Crippen molar-refractivity contribution in [1.82, 2.24) is 19.5 Å². The highest BCUT2D eigenvalue weighted by Crippen LogP contribution is 2.45. The van der Waals surface area contributed by atoms with E-state index in [9.17, 15) is 0 Å². The molecule has 11 heteroatoms. The first-order valence-electron chi connectivity index (χ1n) is 9.55. The van der Waals surface area contributed by atoms with Crippen molar-refractivity contribution < 1.29 is 19.0 Å². The van der Waals surface area contributed by atoms with E-state index in [0.717, 1.165) is 12.2 Å². The van der Waals surface area contributed by atoms with Gasteiger partial charge in [-0.05, 0) is 20.3 Å². The summed E-state index contributed by atoms with van der Waals surface area (Å²) in [5, 5.41) is 0.335. The summed E-state index contributed by atoms with van der Waals surface area (Å²) >= 11 is 1.80. The van der Waals surface area contributed by atoms with Crippen molar-refractivity contribution in [2.45, 2.75) is 61.9 Å². The fourth-order valence-electron chi connectivity index (χ4n) is 4.15. The lowest BCUT2D eigenvalue weighted by Gasteiger charge is -2.25. The lowest BCUT2D eigenvalue weighted by molar-refractivity contribution is -0.193. The highest BCUT2D eigenvalue weighted by Gasteiger charge is 2.56. The average Bonchev–Trinajstić information content (AvgIpc) is 3.43. The number of nitrogens with zero attached hydrogens (tertiary/aromatic N) is 4. The highest BCUT2D eigenvalue weighted by atomic mass is 32.2. The van der Waals surface area contributed by atoms with Crippen LogP contribution in [0.5, 0.6) is 0 Å². The molecule has 3 aliphatic rings. The van der Waals surface area contributed by atoms with Gasteiger partial charge >= 0.3 is 0 Å². The number of rotatable bonds is 5. The molecule has 4 unspecified atom stereocenters. The van der Waals surface area contributed by atoms with Crippen LogP contribution in [0.4, 0.5) is 5.82 Å². The first kappa shape index (κ1) is 19.2. The summed E-state index contributed by atoms with van der Waals surface area (Å²) in [7, 11) is 0. The molecule has 2 saturated heterocycles. The van der Waals surface area contributed by atoms with Crippen LogP contribution in [0, 0.1) is 0 Å². The lowest BCUT2D eigenvalue weighted by Crippen LogP contribution is -2.31. The van der Waals surface area contributed by atoms with Crippen molar-refractivity contribution in [3.63, 3.8) is 0 Å². The molecular weight excluding hydrogens is 396 g/mol. The van der Waals surface area contributed by atoms with Crippen LogP contribution in [-0.2, 0) is 19.0 Å². The van der Waals surface area contributed by atoms with E-state index in [1.807, 2.05) is 24.5 Å². The van der Waals surface area contributed by atoms with Crippen molar-refractivity contribution in [2.75, 3.05) is 11.5 Å². The van der Waals surface area contributed by atoms with E-state index in [1.165, 1.54) is 6.33 Å². The summed E-state index contributed by atoms with van der Waals surface area (Å²) in [6.45, 7) is 3.84. The van der Waals surface area contributed by atoms with E-state index in [2.05, 4.69) is 21.0 Å². The molecule has 2 aromatic rings.